The largest absolute Gasteiger partial charge is 0.497 e. The number of halogens is 3. The van der Waals surface area contributed by atoms with Crippen molar-refractivity contribution in [1.29, 1.82) is 0 Å². The molecule has 0 amide bonds. The Morgan fingerprint density at radius 3 is 2.51 bits per heavy atom. The lowest BCUT2D eigenvalue weighted by Crippen LogP contribution is -2.42. The molecule has 2 fully saturated rings. The Kier molecular flexibility index (Phi) is 10.6. The summed E-state index contributed by atoms with van der Waals surface area (Å²) in [4.78, 5) is 9.25. The Balaban J connectivity index is 1.22. The van der Waals surface area contributed by atoms with Crippen LogP contribution in [0.15, 0.2) is 36.5 Å². The van der Waals surface area contributed by atoms with Gasteiger partial charge in [0.1, 0.15) is 11.6 Å². The molecule has 10 heteroatoms. The molecule has 0 radical (unpaired) electrons. The molecule has 1 atom stereocenters. The van der Waals surface area contributed by atoms with Gasteiger partial charge in [0, 0.05) is 43.9 Å². The van der Waals surface area contributed by atoms with Crippen LogP contribution in [0.1, 0.15) is 54.9 Å². The SMILES string of the molecule is COc1ccc2ncc(CN3CCOCC3)c([C@@H](O)CCC3(CO)CCN(CCCc4cc(F)cc(F)c4F)CC3)c2c1. The molecule has 1 aromatic heterocycles. The molecule has 0 spiro atoms. The van der Waals surface area contributed by atoms with Crippen molar-refractivity contribution in [3.05, 3.63) is 70.7 Å². The summed E-state index contributed by atoms with van der Waals surface area (Å²) < 4.78 is 52.1. The van der Waals surface area contributed by atoms with Crippen LogP contribution in [0.3, 0.4) is 0 Å². The third-order valence-electron chi connectivity index (χ3n) is 9.22. The van der Waals surface area contributed by atoms with Crippen LogP contribution >= 0.6 is 0 Å². The molecule has 2 saturated heterocycles. The second kappa shape index (κ2) is 14.3. The number of hydrogen-bond acceptors (Lipinski definition) is 7. The molecule has 43 heavy (non-hydrogen) atoms. The van der Waals surface area contributed by atoms with Gasteiger partial charge in [-0.05, 0) is 105 Å². The van der Waals surface area contributed by atoms with Crippen LogP contribution in [0.4, 0.5) is 13.2 Å². The first-order valence-corrected chi connectivity index (χ1v) is 15.2. The third-order valence-corrected chi connectivity index (χ3v) is 9.22. The molecular formula is C33H42F3N3O4. The van der Waals surface area contributed by atoms with E-state index in [2.05, 4.69) is 14.8 Å². The van der Waals surface area contributed by atoms with E-state index in [9.17, 15) is 23.4 Å². The highest BCUT2D eigenvalue weighted by atomic mass is 19.2. The Morgan fingerprint density at radius 2 is 1.79 bits per heavy atom. The maximum atomic E-state index is 14.0. The molecule has 234 valence electrons. The highest BCUT2D eigenvalue weighted by Gasteiger charge is 2.35. The van der Waals surface area contributed by atoms with Crippen LogP contribution in [0, 0.1) is 22.9 Å². The van der Waals surface area contributed by atoms with Crippen LogP contribution in [0.2, 0.25) is 0 Å². The normalized spacial score (nSPS) is 18.7. The molecule has 7 nitrogen and oxygen atoms in total. The number of benzene rings is 2. The van der Waals surface area contributed by atoms with E-state index in [-0.39, 0.29) is 24.0 Å². The van der Waals surface area contributed by atoms with E-state index in [1.165, 1.54) is 0 Å². The predicted molar refractivity (Wildman–Crippen MR) is 158 cm³/mol. The molecule has 0 saturated carbocycles. The Bertz CT molecular complexity index is 1380. The summed E-state index contributed by atoms with van der Waals surface area (Å²) in [5, 5.41) is 23.0. The molecular weight excluding hydrogens is 559 g/mol. The van der Waals surface area contributed by atoms with E-state index in [1.54, 1.807) is 7.11 Å². The van der Waals surface area contributed by atoms with Crippen molar-refractivity contribution < 1.29 is 32.9 Å². The van der Waals surface area contributed by atoms with Gasteiger partial charge >= 0.3 is 0 Å². The minimum absolute atomic E-state index is 0.0346. The average molecular weight is 602 g/mol. The standard InChI is InChI=1S/C33H42F3N3O4/c1-42-26-4-5-29-27(19-26)31(24(20-37-29)21-39-13-15-43-16-14-39)30(41)6-7-33(22-40)8-11-38(12-9-33)10-2-3-23-17-25(34)18-28(35)32(23)36/h4-5,17-20,30,40-41H,2-3,6-16,21-22H2,1H3/t30-/m0/s1. The minimum Gasteiger partial charge on any atom is -0.497 e. The lowest BCUT2D eigenvalue weighted by atomic mass is 9.74. The first-order valence-electron chi connectivity index (χ1n) is 15.2. The van der Waals surface area contributed by atoms with E-state index >= 15 is 0 Å². The Morgan fingerprint density at radius 1 is 1.02 bits per heavy atom. The van der Waals surface area contributed by atoms with Gasteiger partial charge in [0.25, 0.3) is 0 Å². The van der Waals surface area contributed by atoms with Gasteiger partial charge in [-0.3, -0.25) is 9.88 Å². The Hall–Kier alpha value is -2.76. The summed E-state index contributed by atoms with van der Waals surface area (Å²) in [6.07, 6.45) is 4.66. The lowest BCUT2D eigenvalue weighted by molar-refractivity contribution is 0.0227. The summed E-state index contributed by atoms with van der Waals surface area (Å²) in [5.41, 5.74) is 2.40. The second-order valence-corrected chi connectivity index (χ2v) is 12.0. The van der Waals surface area contributed by atoms with Gasteiger partial charge in [-0.25, -0.2) is 13.2 Å². The number of morpholine rings is 1. The quantitative estimate of drug-likeness (QED) is 0.283. The van der Waals surface area contributed by atoms with Gasteiger partial charge in [-0.2, -0.15) is 0 Å². The molecule has 0 bridgehead atoms. The zero-order valence-electron chi connectivity index (χ0n) is 24.8. The van der Waals surface area contributed by atoms with Gasteiger partial charge in [0.15, 0.2) is 11.6 Å². The fourth-order valence-electron chi connectivity index (χ4n) is 6.49. The van der Waals surface area contributed by atoms with Crippen LogP contribution in [0.25, 0.3) is 10.9 Å². The van der Waals surface area contributed by atoms with E-state index in [0.29, 0.717) is 57.4 Å². The van der Waals surface area contributed by atoms with Crippen LogP contribution in [-0.4, -0.2) is 84.7 Å². The number of ether oxygens (including phenoxy) is 2. The molecule has 2 N–H and O–H groups in total. The van der Waals surface area contributed by atoms with Gasteiger partial charge < -0.3 is 24.6 Å². The fourth-order valence-corrected chi connectivity index (χ4v) is 6.49. The van der Waals surface area contributed by atoms with Crippen molar-refractivity contribution in [3.8, 4) is 5.75 Å². The van der Waals surface area contributed by atoms with Crippen molar-refractivity contribution in [1.82, 2.24) is 14.8 Å². The smallest absolute Gasteiger partial charge is 0.162 e. The number of aromatic nitrogens is 1. The number of methoxy groups -OCH3 is 1. The number of aliphatic hydroxyl groups excluding tert-OH is 2. The molecule has 3 heterocycles. The molecule has 2 aliphatic rings. The zero-order chi connectivity index (χ0) is 30.4. The molecule has 5 rings (SSSR count). The lowest BCUT2D eigenvalue weighted by Gasteiger charge is -2.41. The number of aryl methyl sites for hydroxylation is 1. The van der Waals surface area contributed by atoms with Gasteiger partial charge in [0.2, 0.25) is 0 Å². The summed E-state index contributed by atoms with van der Waals surface area (Å²) in [7, 11) is 1.62. The number of pyridine rings is 1. The molecule has 0 aliphatic carbocycles. The van der Waals surface area contributed by atoms with E-state index < -0.39 is 23.6 Å². The number of piperidine rings is 1. The van der Waals surface area contributed by atoms with Gasteiger partial charge in [-0.1, -0.05) is 0 Å². The summed E-state index contributed by atoms with van der Waals surface area (Å²) in [6, 6.07) is 7.34. The van der Waals surface area contributed by atoms with Crippen molar-refractivity contribution >= 4 is 10.9 Å². The maximum Gasteiger partial charge on any atom is 0.162 e. The predicted octanol–water partition coefficient (Wildman–Crippen LogP) is 5.01. The number of nitrogens with zero attached hydrogens (tertiary/aromatic N) is 3. The molecule has 2 aromatic carbocycles. The summed E-state index contributed by atoms with van der Waals surface area (Å²) in [5.74, 6) is -2.20. The zero-order valence-corrected chi connectivity index (χ0v) is 24.8. The van der Waals surface area contributed by atoms with Crippen LogP contribution in [-0.2, 0) is 17.7 Å². The van der Waals surface area contributed by atoms with Crippen LogP contribution < -0.4 is 4.74 Å². The summed E-state index contributed by atoms with van der Waals surface area (Å²) in [6.45, 7) is 5.91. The average Bonchev–Trinajstić information content (AvgIpc) is 3.03. The van der Waals surface area contributed by atoms with Crippen molar-refractivity contribution in [3.63, 3.8) is 0 Å². The summed E-state index contributed by atoms with van der Waals surface area (Å²) >= 11 is 0. The Labute approximate surface area is 251 Å². The van der Waals surface area contributed by atoms with Crippen molar-refractivity contribution in [2.75, 3.05) is 59.7 Å². The minimum atomic E-state index is -1.16. The van der Waals surface area contributed by atoms with Crippen molar-refractivity contribution in [2.45, 2.75) is 51.2 Å². The molecule has 0 unspecified atom stereocenters. The topological polar surface area (TPSA) is 78.3 Å². The van der Waals surface area contributed by atoms with E-state index in [4.69, 9.17) is 9.47 Å². The van der Waals surface area contributed by atoms with Gasteiger partial charge in [0.05, 0.1) is 31.9 Å². The number of fused-ring (bicyclic) bond motifs is 1. The van der Waals surface area contributed by atoms with E-state index in [0.717, 1.165) is 67.1 Å². The first kappa shape index (κ1) is 31.7. The first-order chi connectivity index (χ1) is 20.8. The third kappa shape index (κ3) is 7.67. The van der Waals surface area contributed by atoms with Gasteiger partial charge in [-0.15, -0.1) is 0 Å². The number of rotatable bonds is 12. The maximum absolute atomic E-state index is 14.0. The highest BCUT2D eigenvalue weighted by Crippen LogP contribution is 2.40. The monoisotopic (exact) mass is 601 g/mol. The molecule has 3 aromatic rings. The second-order valence-electron chi connectivity index (χ2n) is 12.0. The number of aliphatic hydroxyl groups is 2. The highest BCUT2D eigenvalue weighted by molar-refractivity contribution is 5.85. The van der Waals surface area contributed by atoms with Crippen molar-refractivity contribution in [2.24, 2.45) is 5.41 Å². The molecule has 2 aliphatic heterocycles. The fraction of sp³-hybridized carbons (Fsp3) is 0.545. The van der Waals surface area contributed by atoms with E-state index in [1.807, 2.05) is 24.4 Å². The number of hydrogen-bond donors (Lipinski definition) is 2. The number of likely N-dealkylation sites (tertiary alicyclic amines) is 1. The van der Waals surface area contributed by atoms with Crippen LogP contribution in [0.5, 0.6) is 5.75 Å².